The lowest BCUT2D eigenvalue weighted by Crippen LogP contribution is -2.30. The smallest absolute Gasteiger partial charge is 0.261 e. The van der Waals surface area contributed by atoms with Crippen molar-refractivity contribution in [3.63, 3.8) is 0 Å². The minimum absolute atomic E-state index is 0.137. The van der Waals surface area contributed by atoms with Gasteiger partial charge in [-0.2, -0.15) is 5.26 Å². The first kappa shape index (κ1) is 13.9. The third-order valence-electron chi connectivity index (χ3n) is 3.04. The monoisotopic (exact) mass is 276 g/mol. The molecule has 1 aromatic rings. The summed E-state index contributed by atoms with van der Waals surface area (Å²) >= 11 is 0. The Morgan fingerprint density at radius 3 is 2.40 bits per heavy atom. The van der Waals surface area contributed by atoms with Crippen LogP contribution in [0.15, 0.2) is 23.3 Å². The summed E-state index contributed by atoms with van der Waals surface area (Å²) in [6.07, 6.45) is -0.137. The fraction of sp³-hybridized carbons (Fsp3) is 0.214. The second-order valence-electron chi connectivity index (χ2n) is 4.58. The van der Waals surface area contributed by atoms with Crippen LogP contribution in [0, 0.1) is 23.0 Å². The molecule has 102 valence electrons. The highest BCUT2D eigenvalue weighted by molar-refractivity contribution is 6.28. The van der Waals surface area contributed by atoms with Gasteiger partial charge in [-0.1, -0.05) is 5.57 Å². The average molecular weight is 276 g/mol. The lowest BCUT2D eigenvalue weighted by atomic mass is 10.1. The van der Waals surface area contributed by atoms with E-state index in [1.165, 1.54) is 6.07 Å². The highest BCUT2D eigenvalue weighted by atomic mass is 19.1. The first-order valence-corrected chi connectivity index (χ1v) is 5.79. The maximum Gasteiger partial charge on any atom is 0.261 e. The van der Waals surface area contributed by atoms with Crippen molar-refractivity contribution in [2.45, 2.75) is 20.3 Å². The molecule has 1 aliphatic heterocycles. The number of carbonyl (C=O) groups excluding carboxylic acids is 2. The molecule has 0 saturated carbocycles. The summed E-state index contributed by atoms with van der Waals surface area (Å²) in [5.41, 5.74) is -0.0138. The molecule has 0 atom stereocenters. The van der Waals surface area contributed by atoms with Gasteiger partial charge in [0.25, 0.3) is 5.91 Å². The average Bonchev–Trinajstić information content (AvgIpc) is 2.67. The maximum atomic E-state index is 13.9. The Morgan fingerprint density at radius 2 is 1.90 bits per heavy atom. The topological polar surface area (TPSA) is 61.2 Å². The van der Waals surface area contributed by atoms with Crippen LogP contribution >= 0.6 is 0 Å². The van der Waals surface area contributed by atoms with Crippen molar-refractivity contribution < 1.29 is 18.4 Å². The quantitative estimate of drug-likeness (QED) is 0.584. The summed E-state index contributed by atoms with van der Waals surface area (Å²) in [5.74, 6) is -3.23. The van der Waals surface area contributed by atoms with Gasteiger partial charge >= 0.3 is 0 Å². The van der Waals surface area contributed by atoms with E-state index in [4.69, 9.17) is 5.26 Å². The number of allylic oxidation sites excluding steroid dienone is 1. The molecule has 0 unspecified atom stereocenters. The minimum Gasteiger partial charge on any atom is -0.274 e. The van der Waals surface area contributed by atoms with Gasteiger partial charge in [-0.25, -0.2) is 13.7 Å². The third-order valence-corrected chi connectivity index (χ3v) is 3.04. The molecule has 0 spiro atoms. The zero-order valence-corrected chi connectivity index (χ0v) is 10.8. The van der Waals surface area contributed by atoms with E-state index < -0.39 is 34.7 Å². The van der Waals surface area contributed by atoms with E-state index in [2.05, 4.69) is 0 Å². The standard InChI is InChI=1S/C14H10F2N2O2/c1-7(2)9-4-13(19)18(14(9)20)12-5-10(15)8(6-17)3-11(12)16/h3,5H,4H2,1-2H3. The number of rotatable bonds is 1. The number of hydrogen-bond acceptors (Lipinski definition) is 3. The summed E-state index contributed by atoms with van der Waals surface area (Å²) in [4.78, 5) is 24.5. The molecule has 1 aliphatic rings. The van der Waals surface area contributed by atoms with Gasteiger partial charge in [-0.05, 0) is 19.9 Å². The second-order valence-corrected chi connectivity index (χ2v) is 4.58. The van der Waals surface area contributed by atoms with Crippen LogP contribution in [0.25, 0.3) is 0 Å². The Balaban J connectivity index is 2.56. The Labute approximate surface area is 113 Å². The van der Waals surface area contributed by atoms with Gasteiger partial charge in [0, 0.05) is 11.6 Å². The molecule has 0 N–H and O–H groups in total. The lowest BCUT2D eigenvalue weighted by Gasteiger charge is -2.15. The Hall–Kier alpha value is -2.55. The number of amides is 2. The van der Waals surface area contributed by atoms with Gasteiger partial charge < -0.3 is 0 Å². The molecular formula is C14H10F2N2O2. The van der Waals surface area contributed by atoms with Crippen molar-refractivity contribution >= 4 is 17.5 Å². The summed E-state index contributed by atoms with van der Waals surface area (Å²) < 4.78 is 27.4. The molecule has 2 amide bonds. The van der Waals surface area contributed by atoms with Crippen LogP contribution in [0.2, 0.25) is 0 Å². The SMILES string of the molecule is CC(C)=C1CC(=O)N(c2cc(F)c(C#N)cc2F)C1=O. The number of imide groups is 1. The number of carbonyl (C=O) groups is 2. The molecule has 0 aliphatic carbocycles. The number of nitrogens with zero attached hydrogens (tertiary/aromatic N) is 2. The fourth-order valence-corrected chi connectivity index (χ4v) is 1.98. The molecule has 1 aromatic carbocycles. The molecule has 6 heteroatoms. The summed E-state index contributed by atoms with van der Waals surface area (Å²) in [5, 5.41) is 8.61. The first-order chi connectivity index (χ1) is 9.36. The van der Waals surface area contributed by atoms with Crippen LogP contribution in [-0.2, 0) is 9.59 Å². The number of benzene rings is 1. The van der Waals surface area contributed by atoms with E-state index in [0.29, 0.717) is 22.6 Å². The van der Waals surface area contributed by atoms with Crippen molar-refractivity contribution in [2.75, 3.05) is 4.90 Å². The predicted octanol–water partition coefficient (Wildman–Crippen LogP) is 2.44. The van der Waals surface area contributed by atoms with Crippen LogP contribution in [0.4, 0.5) is 14.5 Å². The molecule has 0 aromatic heterocycles. The molecule has 0 radical (unpaired) electrons. The van der Waals surface area contributed by atoms with Gasteiger partial charge in [0.05, 0.1) is 17.7 Å². The first-order valence-electron chi connectivity index (χ1n) is 5.79. The maximum absolute atomic E-state index is 13.9. The molecule has 4 nitrogen and oxygen atoms in total. The molecule has 1 fully saturated rings. The van der Waals surface area contributed by atoms with Crippen LogP contribution in [-0.4, -0.2) is 11.8 Å². The Kier molecular flexibility index (Phi) is 3.36. The van der Waals surface area contributed by atoms with Crippen LogP contribution in [0.3, 0.4) is 0 Å². The summed E-state index contributed by atoms with van der Waals surface area (Å²) in [6, 6.07) is 2.86. The van der Waals surface area contributed by atoms with Gasteiger partial charge in [-0.3, -0.25) is 9.59 Å². The van der Waals surface area contributed by atoms with Crippen molar-refractivity contribution in [3.05, 3.63) is 40.5 Å². The summed E-state index contributed by atoms with van der Waals surface area (Å²) in [6.45, 7) is 3.33. The molecule has 0 bridgehead atoms. The van der Waals surface area contributed by atoms with Crippen molar-refractivity contribution in [1.82, 2.24) is 0 Å². The van der Waals surface area contributed by atoms with Crippen LogP contribution in [0.1, 0.15) is 25.8 Å². The Bertz CT molecular complexity index is 698. The Morgan fingerprint density at radius 1 is 1.25 bits per heavy atom. The van der Waals surface area contributed by atoms with E-state index >= 15 is 0 Å². The number of hydrogen-bond donors (Lipinski definition) is 0. The van der Waals surface area contributed by atoms with Crippen molar-refractivity contribution in [3.8, 4) is 6.07 Å². The molecule has 2 rings (SSSR count). The van der Waals surface area contributed by atoms with E-state index in [1.807, 2.05) is 0 Å². The van der Waals surface area contributed by atoms with E-state index in [-0.39, 0.29) is 12.0 Å². The van der Waals surface area contributed by atoms with E-state index in [1.54, 1.807) is 13.8 Å². The van der Waals surface area contributed by atoms with Gasteiger partial charge in [-0.15, -0.1) is 0 Å². The lowest BCUT2D eigenvalue weighted by molar-refractivity contribution is -0.120. The van der Waals surface area contributed by atoms with Crippen LogP contribution in [0.5, 0.6) is 0 Å². The van der Waals surface area contributed by atoms with Crippen molar-refractivity contribution in [1.29, 1.82) is 5.26 Å². The third kappa shape index (κ3) is 2.07. The largest absolute Gasteiger partial charge is 0.274 e. The molecule has 1 heterocycles. The second kappa shape index (κ2) is 4.85. The predicted molar refractivity (Wildman–Crippen MR) is 66.6 cm³/mol. The highest BCUT2D eigenvalue weighted by Gasteiger charge is 2.37. The van der Waals surface area contributed by atoms with E-state index in [0.717, 1.165) is 0 Å². The number of anilines is 1. The number of nitriles is 1. The van der Waals surface area contributed by atoms with Gasteiger partial charge in [0.1, 0.15) is 17.7 Å². The van der Waals surface area contributed by atoms with E-state index in [9.17, 15) is 18.4 Å². The summed E-state index contributed by atoms with van der Waals surface area (Å²) in [7, 11) is 0. The molecule has 20 heavy (non-hydrogen) atoms. The van der Waals surface area contributed by atoms with Gasteiger partial charge in [0.2, 0.25) is 5.91 Å². The number of halogens is 2. The zero-order valence-electron chi connectivity index (χ0n) is 10.8. The molecule has 1 saturated heterocycles. The zero-order chi connectivity index (χ0) is 15.0. The fourth-order valence-electron chi connectivity index (χ4n) is 1.98. The van der Waals surface area contributed by atoms with Crippen molar-refractivity contribution in [2.24, 2.45) is 0 Å². The minimum atomic E-state index is -0.986. The molecular weight excluding hydrogens is 266 g/mol. The van der Waals surface area contributed by atoms with Crippen LogP contribution < -0.4 is 4.90 Å². The highest BCUT2D eigenvalue weighted by Crippen LogP contribution is 2.31. The van der Waals surface area contributed by atoms with Gasteiger partial charge in [0.15, 0.2) is 0 Å². The normalized spacial score (nSPS) is 14.8.